The lowest BCUT2D eigenvalue weighted by atomic mass is 10.1. The van der Waals surface area contributed by atoms with E-state index < -0.39 is 0 Å². The van der Waals surface area contributed by atoms with E-state index >= 15 is 0 Å². The molecule has 0 fully saturated rings. The quantitative estimate of drug-likeness (QED) is 0.548. The lowest BCUT2D eigenvalue weighted by molar-refractivity contribution is 0.608. The maximum Gasteiger partial charge on any atom is 0.0652 e. The summed E-state index contributed by atoms with van der Waals surface area (Å²) in [5, 5.41) is 8.31. The van der Waals surface area contributed by atoms with Gasteiger partial charge in [-0.1, -0.05) is 19.8 Å². The van der Waals surface area contributed by atoms with E-state index in [9.17, 15) is 0 Å². The molecule has 0 bridgehead atoms. The zero-order valence-corrected chi connectivity index (χ0v) is 5.65. The molecule has 0 unspecified atom stereocenters. The van der Waals surface area contributed by atoms with Gasteiger partial charge in [0.15, 0.2) is 0 Å². The van der Waals surface area contributed by atoms with Crippen LogP contribution in [-0.2, 0) is 0 Å². The highest BCUT2D eigenvalue weighted by Gasteiger charge is 1.95. The Morgan fingerprint density at radius 2 is 2.25 bits per heavy atom. The summed E-state index contributed by atoms with van der Waals surface area (Å²) in [6.45, 7) is 4.11. The molecular weight excluding hydrogens is 98.1 g/mol. The van der Waals surface area contributed by atoms with Crippen LogP contribution in [0.1, 0.15) is 33.1 Å². The van der Waals surface area contributed by atoms with Gasteiger partial charge in [-0.15, -0.1) is 0 Å². The van der Waals surface area contributed by atoms with Crippen molar-refractivity contribution in [1.29, 1.82) is 5.26 Å². The second-order valence-corrected chi connectivity index (χ2v) is 2.17. The van der Waals surface area contributed by atoms with Crippen LogP contribution in [0.4, 0.5) is 0 Å². The van der Waals surface area contributed by atoms with E-state index in [4.69, 9.17) is 5.26 Å². The Morgan fingerprint density at radius 1 is 1.62 bits per heavy atom. The van der Waals surface area contributed by atoms with Gasteiger partial charge in [0.2, 0.25) is 0 Å². The molecule has 0 rings (SSSR count). The van der Waals surface area contributed by atoms with Crippen molar-refractivity contribution in [1.82, 2.24) is 0 Å². The zero-order chi connectivity index (χ0) is 6.41. The van der Waals surface area contributed by atoms with Crippen LogP contribution in [0.5, 0.6) is 0 Å². The van der Waals surface area contributed by atoms with Crippen molar-refractivity contribution in [2.24, 2.45) is 5.92 Å². The van der Waals surface area contributed by atoms with Crippen LogP contribution in [-0.4, -0.2) is 0 Å². The fraction of sp³-hybridized carbons (Fsp3) is 0.857. The highest BCUT2D eigenvalue weighted by atomic mass is 14.2. The van der Waals surface area contributed by atoms with Crippen LogP contribution in [0.15, 0.2) is 0 Å². The normalized spacial score (nSPS) is 12.6. The third-order valence-corrected chi connectivity index (χ3v) is 1.21. The maximum absolute atomic E-state index is 8.31. The molecule has 0 aliphatic heterocycles. The van der Waals surface area contributed by atoms with Gasteiger partial charge in [0.1, 0.15) is 0 Å². The first-order valence-electron chi connectivity index (χ1n) is 3.20. The molecule has 0 amide bonds. The Bertz CT molecular complexity index is 80.9. The molecule has 1 atom stereocenters. The van der Waals surface area contributed by atoms with Gasteiger partial charge >= 0.3 is 0 Å². The van der Waals surface area contributed by atoms with Gasteiger partial charge in [-0.2, -0.15) is 5.26 Å². The Hall–Kier alpha value is -0.510. The molecular formula is C7H13N. The molecule has 0 aromatic heterocycles. The highest BCUT2D eigenvalue weighted by Crippen LogP contribution is 2.04. The molecule has 0 heterocycles. The molecule has 0 aromatic carbocycles. The number of unbranched alkanes of at least 4 members (excludes halogenated alkanes) is 1. The van der Waals surface area contributed by atoms with E-state index in [1.807, 2.05) is 6.92 Å². The topological polar surface area (TPSA) is 23.8 Å². The van der Waals surface area contributed by atoms with Crippen LogP contribution < -0.4 is 0 Å². The lowest BCUT2D eigenvalue weighted by Gasteiger charge is -1.96. The zero-order valence-electron chi connectivity index (χ0n) is 5.65. The Balaban J connectivity index is 3.02. The first-order valence-corrected chi connectivity index (χ1v) is 3.20. The molecule has 0 saturated heterocycles. The third-order valence-electron chi connectivity index (χ3n) is 1.21. The van der Waals surface area contributed by atoms with Gasteiger partial charge < -0.3 is 0 Å². The molecule has 0 aliphatic carbocycles. The van der Waals surface area contributed by atoms with Crippen molar-refractivity contribution in [2.45, 2.75) is 33.1 Å². The number of nitriles is 1. The predicted octanol–water partition coefficient (Wildman–Crippen LogP) is 2.34. The molecule has 0 N–H and O–H groups in total. The highest BCUT2D eigenvalue weighted by molar-refractivity contribution is 4.77. The van der Waals surface area contributed by atoms with E-state index in [-0.39, 0.29) is 5.92 Å². The standard InChI is InChI=1S/C7H13N/c1-3-4-5-7(2)6-8/h7H,3-5H2,1-2H3/t7-/m0/s1. The Kier molecular flexibility index (Phi) is 4.35. The number of hydrogen-bond donors (Lipinski definition) is 0. The molecule has 0 spiro atoms. The molecule has 0 radical (unpaired) electrons. The van der Waals surface area contributed by atoms with E-state index in [2.05, 4.69) is 13.0 Å². The maximum atomic E-state index is 8.31. The molecule has 46 valence electrons. The first-order chi connectivity index (χ1) is 3.81. The van der Waals surface area contributed by atoms with Crippen LogP contribution in [0.3, 0.4) is 0 Å². The number of rotatable bonds is 3. The van der Waals surface area contributed by atoms with E-state index in [1.165, 1.54) is 12.8 Å². The van der Waals surface area contributed by atoms with Gasteiger partial charge in [-0.3, -0.25) is 0 Å². The van der Waals surface area contributed by atoms with Crippen molar-refractivity contribution in [3.8, 4) is 6.07 Å². The summed E-state index contributed by atoms with van der Waals surface area (Å²) in [6, 6.07) is 2.20. The van der Waals surface area contributed by atoms with Crippen LogP contribution in [0.25, 0.3) is 0 Å². The summed E-state index contributed by atoms with van der Waals surface area (Å²) in [5.41, 5.74) is 0. The van der Waals surface area contributed by atoms with Crippen molar-refractivity contribution in [2.75, 3.05) is 0 Å². The van der Waals surface area contributed by atoms with Crippen molar-refractivity contribution in [3.63, 3.8) is 0 Å². The molecule has 8 heavy (non-hydrogen) atoms. The summed E-state index contributed by atoms with van der Waals surface area (Å²) in [7, 11) is 0. The van der Waals surface area contributed by atoms with Crippen LogP contribution >= 0.6 is 0 Å². The second-order valence-electron chi connectivity index (χ2n) is 2.17. The molecule has 1 nitrogen and oxygen atoms in total. The average Bonchev–Trinajstić information content (AvgIpc) is 1.83. The van der Waals surface area contributed by atoms with E-state index in [1.54, 1.807) is 0 Å². The minimum Gasteiger partial charge on any atom is -0.198 e. The fourth-order valence-electron chi connectivity index (χ4n) is 0.575. The average molecular weight is 111 g/mol. The predicted molar refractivity (Wildman–Crippen MR) is 34.3 cm³/mol. The molecule has 0 saturated carbocycles. The van der Waals surface area contributed by atoms with Crippen LogP contribution in [0, 0.1) is 17.2 Å². The van der Waals surface area contributed by atoms with Crippen LogP contribution in [0.2, 0.25) is 0 Å². The largest absolute Gasteiger partial charge is 0.198 e. The summed E-state index contributed by atoms with van der Waals surface area (Å²) in [4.78, 5) is 0. The van der Waals surface area contributed by atoms with Crippen molar-refractivity contribution in [3.05, 3.63) is 0 Å². The van der Waals surface area contributed by atoms with Gasteiger partial charge in [0.25, 0.3) is 0 Å². The SMILES string of the molecule is CCCC[C@H](C)C#N. The monoisotopic (exact) mass is 111 g/mol. The third kappa shape index (κ3) is 3.67. The van der Waals surface area contributed by atoms with Gasteiger partial charge in [0, 0.05) is 5.92 Å². The van der Waals surface area contributed by atoms with Gasteiger partial charge in [-0.05, 0) is 13.3 Å². The summed E-state index contributed by atoms with van der Waals surface area (Å²) in [6.07, 6.45) is 3.45. The molecule has 1 heteroatoms. The van der Waals surface area contributed by atoms with Gasteiger partial charge in [0.05, 0.1) is 6.07 Å². The second kappa shape index (κ2) is 4.64. The summed E-state index contributed by atoms with van der Waals surface area (Å²) >= 11 is 0. The first kappa shape index (κ1) is 7.49. The van der Waals surface area contributed by atoms with Crippen molar-refractivity contribution < 1.29 is 0 Å². The number of hydrogen-bond acceptors (Lipinski definition) is 1. The minimum atomic E-state index is 0.259. The van der Waals surface area contributed by atoms with Crippen molar-refractivity contribution >= 4 is 0 Å². The van der Waals surface area contributed by atoms with E-state index in [0.717, 1.165) is 6.42 Å². The fourth-order valence-corrected chi connectivity index (χ4v) is 0.575. The minimum absolute atomic E-state index is 0.259. The molecule has 0 aliphatic rings. The Morgan fingerprint density at radius 3 is 2.62 bits per heavy atom. The smallest absolute Gasteiger partial charge is 0.0652 e. The summed E-state index contributed by atoms with van der Waals surface area (Å²) < 4.78 is 0. The molecule has 0 aromatic rings. The summed E-state index contributed by atoms with van der Waals surface area (Å²) in [5.74, 6) is 0.259. The number of nitrogens with zero attached hydrogens (tertiary/aromatic N) is 1. The van der Waals surface area contributed by atoms with Gasteiger partial charge in [-0.25, -0.2) is 0 Å². The Labute approximate surface area is 51.3 Å². The van der Waals surface area contributed by atoms with E-state index in [0.29, 0.717) is 0 Å². The lowest BCUT2D eigenvalue weighted by Crippen LogP contribution is -1.87.